The summed E-state index contributed by atoms with van der Waals surface area (Å²) in [4.78, 5) is 24.4. The Labute approximate surface area is 121 Å². The minimum absolute atomic E-state index is 0.00673. The van der Waals surface area contributed by atoms with Crippen LogP contribution in [0.15, 0.2) is 18.7 Å². The molecule has 2 rings (SSSR count). The summed E-state index contributed by atoms with van der Waals surface area (Å²) < 4.78 is 0. The summed E-state index contributed by atoms with van der Waals surface area (Å²) in [6.07, 6.45) is 7.02. The summed E-state index contributed by atoms with van der Waals surface area (Å²) in [5, 5.41) is 0. The van der Waals surface area contributed by atoms with Gasteiger partial charge in [-0.05, 0) is 39.2 Å². The molecule has 0 aliphatic carbocycles. The first-order valence-corrected chi connectivity index (χ1v) is 7.32. The average Bonchev–Trinajstić information content (AvgIpc) is 2.47. The zero-order chi connectivity index (χ0) is 14.5. The van der Waals surface area contributed by atoms with E-state index in [0.717, 1.165) is 13.1 Å². The number of piperidine rings is 1. The van der Waals surface area contributed by atoms with Gasteiger partial charge in [0.1, 0.15) is 6.33 Å². The maximum Gasteiger partial charge on any atom is 0.256 e. The van der Waals surface area contributed by atoms with Gasteiger partial charge in [-0.1, -0.05) is 0 Å². The molecule has 1 aliphatic heterocycles. The molecule has 0 spiro atoms. The highest BCUT2D eigenvalue weighted by Crippen LogP contribution is 2.19. The Morgan fingerprint density at radius 1 is 1.45 bits per heavy atom. The molecule has 1 aromatic rings. The number of carbonyl (C=O) groups is 1. The molecule has 0 saturated carbocycles. The van der Waals surface area contributed by atoms with Crippen molar-refractivity contribution < 1.29 is 4.79 Å². The quantitative estimate of drug-likeness (QED) is 0.839. The van der Waals surface area contributed by atoms with Crippen molar-refractivity contribution in [3.8, 4) is 0 Å². The maximum absolute atomic E-state index is 12.3. The second kappa shape index (κ2) is 6.79. The lowest BCUT2D eigenvalue weighted by Gasteiger charge is -2.37. The van der Waals surface area contributed by atoms with Crippen molar-refractivity contribution in [1.82, 2.24) is 19.8 Å². The zero-order valence-electron chi connectivity index (χ0n) is 12.6. The second-order valence-corrected chi connectivity index (χ2v) is 5.91. The van der Waals surface area contributed by atoms with Crippen molar-refractivity contribution >= 4 is 5.91 Å². The first-order valence-electron chi connectivity index (χ1n) is 7.32. The van der Waals surface area contributed by atoms with Crippen LogP contribution in [-0.2, 0) is 0 Å². The van der Waals surface area contributed by atoms with Gasteiger partial charge in [0, 0.05) is 38.6 Å². The molecule has 5 heteroatoms. The van der Waals surface area contributed by atoms with Gasteiger partial charge < -0.3 is 9.80 Å². The van der Waals surface area contributed by atoms with E-state index < -0.39 is 0 Å². The molecule has 0 unspecified atom stereocenters. The second-order valence-electron chi connectivity index (χ2n) is 5.91. The van der Waals surface area contributed by atoms with Crippen LogP contribution >= 0.6 is 0 Å². The Balaban J connectivity index is 1.91. The van der Waals surface area contributed by atoms with Crippen LogP contribution in [-0.4, -0.2) is 58.4 Å². The SMILES string of the molecule is CC(C)N1CCC[C@@H](CN(C)C(=O)c2cncnc2)C1. The van der Waals surface area contributed by atoms with Crippen LogP contribution in [0.4, 0.5) is 0 Å². The largest absolute Gasteiger partial charge is 0.341 e. The molecule has 1 fully saturated rings. The van der Waals surface area contributed by atoms with Crippen LogP contribution in [0.2, 0.25) is 0 Å². The van der Waals surface area contributed by atoms with E-state index in [0.29, 0.717) is 17.5 Å². The molecule has 0 bridgehead atoms. The van der Waals surface area contributed by atoms with Gasteiger partial charge in [0.05, 0.1) is 5.56 Å². The van der Waals surface area contributed by atoms with Crippen molar-refractivity contribution in [2.45, 2.75) is 32.7 Å². The summed E-state index contributed by atoms with van der Waals surface area (Å²) in [6, 6.07) is 0.585. The lowest BCUT2D eigenvalue weighted by atomic mass is 9.96. The minimum Gasteiger partial charge on any atom is -0.341 e. The summed E-state index contributed by atoms with van der Waals surface area (Å²) >= 11 is 0. The van der Waals surface area contributed by atoms with E-state index in [4.69, 9.17) is 0 Å². The summed E-state index contributed by atoms with van der Waals surface area (Å²) in [5.74, 6) is 0.567. The highest BCUT2D eigenvalue weighted by molar-refractivity contribution is 5.93. The van der Waals surface area contributed by atoms with Crippen molar-refractivity contribution in [3.05, 3.63) is 24.3 Å². The van der Waals surface area contributed by atoms with Crippen LogP contribution in [0.25, 0.3) is 0 Å². The predicted octanol–water partition coefficient (Wildman–Crippen LogP) is 1.67. The fraction of sp³-hybridized carbons (Fsp3) is 0.667. The lowest BCUT2D eigenvalue weighted by Crippen LogP contribution is -2.44. The van der Waals surface area contributed by atoms with Gasteiger partial charge in [0.25, 0.3) is 5.91 Å². The molecule has 0 N–H and O–H groups in total. The molecule has 0 radical (unpaired) electrons. The number of carbonyl (C=O) groups excluding carboxylic acids is 1. The Bertz CT molecular complexity index is 435. The Morgan fingerprint density at radius 2 is 2.15 bits per heavy atom. The van der Waals surface area contributed by atoms with Gasteiger partial charge >= 0.3 is 0 Å². The number of rotatable bonds is 4. The van der Waals surface area contributed by atoms with Gasteiger partial charge in [-0.25, -0.2) is 9.97 Å². The third-order valence-corrected chi connectivity index (χ3v) is 3.97. The van der Waals surface area contributed by atoms with Crippen LogP contribution in [0.1, 0.15) is 37.0 Å². The van der Waals surface area contributed by atoms with Gasteiger partial charge in [-0.2, -0.15) is 0 Å². The lowest BCUT2D eigenvalue weighted by molar-refractivity contribution is 0.0708. The first-order chi connectivity index (χ1) is 9.58. The Kier molecular flexibility index (Phi) is 5.06. The molecule has 1 aliphatic rings. The molecule has 1 amide bonds. The molecule has 2 heterocycles. The van der Waals surface area contributed by atoms with E-state index in [1.807, 2.05) is 7.05 Å². The van der Waals surface area contributed by atoms with Crippen LogP contribution < -0.4 is 0 Å². The fourth-order valence-electron chi connectivity index (χ4n) is 2.82. The van der Waals surface area contributed by atoms with E-state index in [2.05, 4.69) is 28.7 Å². The monoisotopic (exact) mass is 276 g/mol. The van der Waals surface area contributed by atoms with Crippen molar-refractivity contribution in [2.75, 3.05) is 26.7 Å². The molecular formula is C15H24N4O. The number of hydrogen-bond acceptors (Lipinski definition) is 4. The van der Waals surface area contributed by atoms with E-state index in [9.17, 15) is 4.79 Å². The standard InChI is InChI=1S/C15H24N4O/c1-12(2)19-6-4-5-13(10-19)9-18(3)15(20)14-7-16-11-17-8-14/h7-8,11-13H,4-6,9-10H2,1-3H3/t13-/m0/s1. The molecular weight excluding hydrogens is 252 g/mol. The van der Waals surface area contributed by atoms with E-state index in [1.54, 1.807) is 17.3 Å². The first kappa shape index (κ1) is 14.9. The van der Waals surface area contributed by atoms with E-state index in [1.165, 1.54) is 25.7 Å². The molecule has 1 saturated heterocycles. The average molecular weight is 276 g/mol. The number of hydrogen-bond donors (Lipinski definition) is 0. The predicted molar refractivity (Wildman–Crippen MR) is 78.4 cm³/mol. The number of likely N-dealkylation sites (tertiary alicyclic amines) is 1. The number of aromatic nitrogens is 2. The van der Waals surface area contributed by atoms with Crippen molar-refractivity contribution in [1.29, 1.82) is 0 Å². The zero-order valence-corrected chi connectivity index (χ0v) is 12.6. The number of nitrogens with zero attached hydrogens (tertiary/aromatic N) is 4. The Hall–Kier alpha value is -1.49. The van der Waals surface area contributed by atoms with Gasteiger partial charge in [-0.3, -0.25) is 4.79 Å². The third kappa shape index (κ3) is 3.76. The van der Waals surface area contributed by atoms with Crippen molar-refractivity contribution in [3.63, 3.8) is 0 Å². The highest BCUT2D eigenvalue weighted by atomic mass is 16.2. The molecule has 5 nitrogen and oxygen atoms in total. The summed E-state index contributed by atoms with van der Waals surface area (Å²) in [7, 11) is 1.86. The molecule has 110 valence electrons. The third-order valence-electron chi connectivity index (χ3n) is 3.97. The smallest absolute Gasteiger partial charge is 0.256 e. The molecule has 0 aromatic carbocycles. The van der Waals surface area contributed by atoms with Gasteiger partial charge in [0.15, 0.2) is 0 Å². The van der Waals surface area contributed by atoms with Crippen LogP contribution in [0.5, 0.6) is 0 Å². The normalized spacial score (nSPS) is 20.1. The van der Waals surface area contributed by atoms with Crippen LogP contribution in [0.3, 0.4) is 0 Å². The maximum atomic E-state index is 12.3. The molecule has 1 aromatic heterocycles. The minimum atomic E-state index is 0.00673. The van der Waals surface area contributed by atoms with E-state index >= 15 is 0 Å². The summed E-state index contributed by atoms with van der Waals surface area (Å²) in [5.41, 5.74) is 0.562. The number of amides is 1. The summed E-state index contributed by atoms with van der Waals surface area (Å²) in [6.45, 7) is 7.53. The molecule has 1 atom stereocenters. The topological polar surface area (TPSA) is 49.3 Å². The highest BCUT2D eigenvalue weighted by Gasteiger charge is 2.24. The van der Waals surface area contributed by atoms with Crippen molar-refractivity contribution in [2.24, 2.45) is 5.92 Å². The fourth-order valence-corrected chi connectivity index (χ4v) is 2.82. The van der Waals surface area contributed by atoms with Crippen LogP contribution in [0, 0.1) is 5.92 Å². The Morgan fingerprint density at radius 3 is 2.80 bits per heavy atom. The van der Waals surface area contributed by atoms with Gasteiger partial charge in [-0.15, -0.1) is 0 Å². The molecule has 20 heavy (non-hydrogen) atoms. The van der Waals surface area contributed by atoms with Gasteiger partial charge in [0.2, 0.25) is 0 Å². The van der Waals surface area contributed by atoms with E-state index in [-0.39, 0.29) is 5.91 Å².